The first-order chi connectivity index (χ1) is 14.3. The topological polar surface area (TPSA) is 78.9 Å². The van der Waals surface area contributed by atoms with Crippen LogP contribution in [0.1, 0.15) is 38.7 Å². The lowest BCUT2D eigenvalue weighted by atomic mass is 10.1. The molecular weight excluding hydrogens is 427 g/mol. The number of aliphatic hydroxyl groups is 1. The third-order valence-corrected chi connectivity index (χ3v) is 5.87. The minimum Gasteiger partial charge on any atom is -0.503 e. The summed E-state index contributed by atoms with van der Waals surface area (Å²) >= 11 is 11.9. The summed E-state index contributed by atoms with van der Waals surface area (Å²) in [4.78, 5) is 26.0. The van der Waals surface area contributed by atoms with Crippen molar-refractivity contribution < 1.29 is 19.4 Å². The summed E-state index contributed by atoms with van der Waals surface area (Å²) in [5.74, 6) is -0.864. The fraction of sp³-hybridized carbons (Fsp3) is 0.545. The number of hydrogen-bond donors (Lipinski definition) is 2. The summed E-state index contributed by atoms with van der Waals surface area (Å²) in [5.41, 5.74) is 1.15. The first kappa shape index (κ1) is 24.5. The summed E-state index contributed by atoms with van der Waals surface area (Å²) in [6.07, 6.45) is 3.15. The molecule has 0 aromatic heterocycles. The minimum absolute atomic E-state index is 0.120. The molecule has 1 aromatic rings. The van der Waals surface area contributed by atoms with Crippen LogP contribution in [-0.2, 0) is 20.7 Å². The van der Waals surface area contributed by atoms with E-state index in [1.54, 1.807) is 12.1 Å². The Kier molecular flexibility index (Phi) is 9.95. The number of carbonyl (C=O) groups excluding carboxylic acids is 2. The van der Waals surface area contributed by atoms with Crippen LogP contribution < -0.4 is 5.32 Å². The normalized spacial score (nSPS) is 15.1. The highest BCUT2D eigenvalue weighted by atomic mass is 35.5. The van der Waals surface area contributed by atoms with Crippen LogP contribution in [0.2, 0.25) is 10.0 Å². The van der Waals surface area contributed by atoms with Crippen molar-refractivity contribution >= 4 is 35.0 Å². The van der Waals surface area contributed by atoms with Crippen LogP contribution in [0, 0.1) is 5.92 Å². The lowest BCUT2D eigenvalue weighted by Gasteiger charge is -2.16. The molecule has 6 nitrogen and oxygen atoms in total. The van der Waals surface area contributed by atoms with Gasteiger partial charge in [-0.1, -0.05) is 49.5 Å². The van der Waals surface area contributed by atoms with Gasteiger partial charge in [0.25, 0.3) is 11.8 Å². The van der Waals surface area contributed by atoms with Crippen LogP contribution in [-0.4, -0.2) is 54.7 Å². The van der Waals surface area contributed by atoms with Gasteiger partial charge in [0.05, 0.1) is 22.2 Å². The molecule has 1 aliphatic heterocycles. The molecule has 30 heavy (non-hydrogen) atoms. The predicted octanol–water partition coefficient (Wildman–Crippen LogP) is 4.15. The second-order valence-corrected chi connectivity index (χ2v) is 8.42. The van der Waals surface area contributed by atoms with Crippen molar-refractivity contribution in [2.45, 2.75) is 39.5 Å². The smallest absolute Gasteiger partial charge is 0.289 e. The van der Waals surface area contributed by atoms with Gasteiger partial charge in [-0.15, -0.1) is 0 Å². The average molecular weight is 457 g/mol. The Hall–Kier alpha value is -1.76. The Balaban J connectivity index is 1.70. The summed E-state index contributed by atoms with van der Waals surface area (Å²) in [6.45, 7) is 6.47. The zero-order chi connectivity index (χ0) is 22.1. The van der Waals surface area contributed by atoms with E-state index in [2.05, 4.69) is 19.2 Å². The lowest BCUT2D eigenvalue weighted by Crippen LogP contribution is -2.31. The van der Waals surface area contributed by atoms with Crippen molar-refractivity contribution in [2.75, 3.05) is 32.8 Å². The van der Waals surface area contributed by atoms with Gasteiger partial charge in [-0.2, -0.15) is 0 Å². The minimum atomic E-state index is -0.502. The van der Waals surface area contributed by atoms with E-state index in [1.165, 1.54) is 4.90 Å². The fourth-order valence-corrected chi connectivity index (χ4v) is 3.35. The summed E-state index contributed by atoms with van der Waals surface area (Å²) < 4.78 is 5.59. The van der Waals surface area contributed by atoms with Gasteiger partial charge in [0.15, 0.2) is 5.76 Å². The van der Waals surface area contributed by atoms with Crippen molar-refractivity contribution in [1.82, 2.24) is 10.2 Å². The second kappa shape index (κ2) is 12.2. The number of rotatable bonds is 12. The molecule has 1 aliphatic rings. The SMILES string of the molecule is CCC(C)COCCCN1CC(C(=O)NCCCc2ccc(Cl)c(Cl)c2)=C(O)C1=O. The van der Waals surface area contributed by atoms with Crippen LogP contribution in [0.5, 0.6) is 0 Å². The van der Waals surface area contributed by atoms with Crippen LogP contribution in [0.4, 0.5) is 0 Å². The number of amides is 2. The third-order valence-electron chi connectivity index (χ3n) is 5.13. The molecule has 2 rings (SSSR count). The van der Waals surface area contributed by atoms with Crippen molar-refractivity contribution in [1.29, 1.82) is 0 Å². The number of aliphatic hydroxyl groups excluding tert-OH is 1. The molecule has 1 heterocycles. The molecule has 0 fully saturated rings. The lowest BCUT2D eigenvalue weighted by molar-refractivity contribution is -0.128. The Labute approximate surface area is 188 Å². The molecule has 2 amide bonds. The van der Waals surface area contributed by atoms with Gasteiger partial charge in [-0.3, -0.25) is 9.59 Å². The van der Waals surface area contributed by atoms with Crippen LogP contribution in [0.25, 0.3) is 0 Å². The quantitative estimate of drug-likeness (QED) is 0.463. The number of hydrogen-bond acceptors (Lipinski definition) is 4. The zero-order valence-corrected chi connectivity index (χ0v) is 19.1. The molecule has 0 spiro atoms. The number of nitrogens with zero attached hydrogens (tertiary/aromatic N) is 1. The van der Waals surface area contributed by atoms with Crippen LogP contribution >= 0.6 is 23.2 Å². The van der Waals surface area contributed by atoms with Gasteiger partial charge in [0.1, 0.15) is 0 Å². The molecule has 2 N–H and O–H groups in total. The van der Waals surface area contributed by atoms with E-state index in [0.29, 0.717) is 55.1 Å². The maximum Gasteiger partial charge on any atom is 0.289 e. The first-order valence-electron chi connectivity index (χ1n) is 10.3. The van der Waals surface area contributed by atoms with E-state index < -0.39 is 17.6 Å². The van der Waals surface area contributed by atoms with Crippen molar-refractivity contribution in [3.8, 4) is 0 Å². The van der Waals surface area contributed by atoms with Gasteiger partial charge in [0.2, 0.25) is 0 Å². The van der Waals surface area contributed by atoms with Crippen molar-refractivity contribution in [3.63, 3.8) is 0 Å². The van der Waals surface area contributed by atoms with E-state index in [1.807, 2.05) is 6.07 Å². The molecule has 0 radical (unpaired) electrons. The van der Waals surface area contributed by atoms with Gasteiger partial charge in [-0.25, -0.2) is 0 Å². The number of aryl methyl sites for hydroxylation is 1. The molecule has 166 valence electrons. The molecular formula is C22H30Cl2N2O4. The molecule has 1 atom stereocenters. The maximum atomic E-state index is 12.4. The molecule has 1 aromatic carbocycles. The first-order valence-corrected chi connectivity index (χ1v) is 11.1. The van der Waals surface area contributed by atoms with Crippen molar-refractivity contribution in [2.24, 2.45) is 5.92 Å². The Bertz CT molecular complexity index is 782. The van der Waals surface area contributed by atoms with Crippen LogP contribution in [0.15, 0.2) is 29.5 Å². The summed E-state index contributed by atoms with van der Waals surface area (Å²) in [7, 11) is 0. The number of carbonyl (C=O) groups is 2. The standard InChI is InChI=1S/C22H30Cl2N2O4/c1-3-15(2)14-30-11-5-10-26-13-17(20(27)22(26)29)21(28)25-9-4-6-16-7-8-18(23)19(24)12-16/h7-8,12,15,27H,3-6,9-11,13-14H2,1-2H3,(H,25,28). The van der Waals surface area contributed by atoms with E-state index >= 15 is 0 Å². The monoisotopic (exact) mass is 456 g/mol. The average Bonchev–Trinajstić information content (AvgIpc) is 3.01. The number of nitrogens with one attached hydrogen (secondary N) is 1. The molecule has 8 heteroatoms. The zero-order valence-electron chi connectivity index (χ0n) is 17.5. The number of halogens is 2. The highest BCUT2D eigenvalue weighted by molar-refractivity contribution is 6.42. The van der Waals surface area contributed by atoms with Gasteiger partial charge in [0, 0.05) is 26.3 Å². The van der Waals surface area contributed by atoms with Gasteiger partial charge in [-0.05, 0) is 42.9 Å². The largest absolute Gasteiger partial charge is 0.503 e. The maximum absolute atomic E-state index is 12.4. The van der Waals surface area contributed by atoms with E-state index in [4.69, 9.17) is 27.9 Å². The molecule has 0 bridgehead atoms. The molecule has 0 saturated heterocycles. The fourth-order valence-electron chi connectivity index (χ4n) is 3.03. The summed E-state index contributed by atoms with van der Waals surface area (Å²) in [6, 6.07) is 5.44. The van der Waals surface area contributed by atoms with E-state index in [-0.39, 0.29) is 12.1 Å². The Morgan fingerprint density at radius 1 is 1.30 bits per heavy atom. The highest BCUT2D eigenvalue weighted by Gasteiger charge is 2.33. The van der Waals surface area contributed by atoms with Crippen molar-refractivity contribution in [3.05, 3.63) is 45.1 Å². The number of benzene rings is 1. The van der Waals surface area contributed by atoms with E-state index in [0.717, 1.165) is 18.4 Å². The summed E-state index contributed by atoms with van der Waals surface area (Å²) in [5, 5.41) is 13.8. The molecule has 1 unspecified atom stereocenters. The third kappa shape index (κ3) is 7.18. The molecule has 0 aliphatic carbocycles. The second-order valence-electron chi connectivity index (χ2n) is 7.60. The number of ether oxygens (including phenoxy) is 1. The Morgan fingerprint density at radius 3 is 2.77 bits per heavy atom. The molecule has 0 saturated carbocycles. The Morgan fingerprint density at radius 2 is 2.07 bits per heavy atom. The van der Waals surface area contributed by atoms with Gasteiger partial charge < -0.3 is 20.1 Å². The highest BCUT2D eigenvalue weighted by Crippen LogP contribution is 2.23. The van der Waals surface area contributed by atoms with Gasteiger partial charge >= 0.3 is 0 Å². The predicted molar refractivity (Wildman–Crippen MR) is 119 cm³/mol. The van der Waals surface area contributed by atoms with Crippen LogP contribution in [0.3, 0.4) is 0 Å². The van der Waals surface area contributed by atoms with E-state index in [9.17, 15) is 14.7 Å².